The number of carbonyl (C=O) groups is 2. The van der Waals surface area contributed by atoms with Crippen LogP contribution in [0.3, 0.4) is 0 Å². The molecule has 0 bridgehead atoms. The topological polar surface area (TPSA) is 72.8 Å². The second-order valence-electron chi connectivity index (χ2n) is 2.32. The quantitative estimate of drug-likeness (QED) is 0.475. The Labute approximate surface area is 81.6 Å². The Kier molecular flexibility index (Phi) is 6.06. The van der Waals surface area contributed by atoms with E-state index in [2.05, 4.69) is 22.6 Å². The molecule has 0 saturated heterocycles. The smallest absolute Gasteiger partial charge is 0.330 e. The van der Waals surface area contributed by atoms with Gasteiger partial charge in [-0.05, 0) is 0 Å². The molecule has 78 valence electrons. The van der Waals surface area contributed by atoms with Gasteiger partial charge in [0.15, 0.2) is 0 Å². The van der Waals surface area contributed by atoms with Crippen molar-refractivity contribution in [1.29, 1.82) is 0 Å². The SMILES string of the molecule is C=CC(=O)OCC(O)COC(=O)C=C. The first-order valence-corrected chi connectivity index (χ1v) is 3.86. The highest BCUT2D eigenvalue weighted by Gasteiger charge is 2.08. The summed E-state index contributed by atoms with van der Waals surface area (Å²) in [7, 11) is 0. The third kappa shape index (κ3) is 5.96. The van der Waals surface area contributed by atoms with Crippen LogP contribution in [-0.2, 0) is 19.1 Å². The number of aliphatic hydroxyl groups is 1. The largest absolute Gasteiger partial charge is 0.460 e. The number of hydrogen-bond donors (Lipinski definition) is 1. The fourth-order valence-corrected chi connectivity index (χ4v) is 0.523. The van der Waals surface area contributed by atoms with Crippen LogP contribution in [0.15, 0.2) is 25.3 Å². The number of carbonyl (C=O) groups excluding carboxylic acids is 2. The summed E-state index contributed by atoms with van der Waals surface area (Å²) in [4.78, 5) is 21.1. The van der Waals surface area contributed by atoms with E-state index in [4.69, 9.17) is 5.11 Å². The van der Waals surface area contributed by atoms with Gasteiger partial charge in [-0.1, -0.05) is 13.2 Å². The maximum Gasteiger partial charge on any atom is 0.330 e. The van der Waals surface area contributed by atoms with Gasteiger partial charge >= 0.3 is 11.9 Å². The van der Waals surface area contributed by atoms with Gasteiger partial charge in [0.2, 0.25) is 0 Å². The first-order chi connectivity index (χ1) is 6.60. The van der Waals surface area contributed by atoms with Gasteiger partial charge in [-0.25, -0.2) is 9.59 Å². The van der Waals surface area contributed by atoms with Crippen LogP contribution in [0, 0.1) is 0 Å². The Morgan fingerprint density at radius 1 is 1.14 bits per heavy atom. The highest BCUT2D eigenvalue weighted by atomic mass is 16.6. The molecule has 0 aromatic carbocycles. The minimum atomic E-state index is -1.04. The zero-order chi connectivity index (χ0) is 11.0. The second kappa shape index (κ2) is 6.85. The maximum absolute atomic E-state index is 10.5. The normalized spacial score (nSPS) is 9.29. The Hall–Kier alpha value is -1.62. The average molecular weight is 200 g/mol. The van der Waals surface area contributed by atoms with E-state index in [-0.39, 0.29) is 13.2 Å². The van der Waals surface area contributed by atoms with Crippen LogP contribution in [0.4, 0.5) is 0 Å². The molecular weight excluding hydrogens is 188 g/mol. The van der Waals surface area contributed by atoms with Crippen molar-refractivity contribution in [3.8, 4) is 0 Å². The molecule has 0 aromatic heterocycles. The van der Waals surface area contributed by atoms with Crippen molar-refractivity contribution in [3.05, 3.63) is 25.3 Å². The molecule has 0 aliphatic rings. The summed E-state index contributed by atoms with van der Waals surface area (Å²) < 4.78 is 8.99. The maximum atomic E-state index is 10.5. The van der Waals surface area contributed by atoms with Crippen LogP contribution in [0.25, 0.3) is 0 Å². The van der Waals surface area contributed by atoms with Gasteiger partial charge in [0.1, 0.15) is 19.3 Å². The fraction of sp³-hybridized carbons (Fsp3) is 0.333. The first-order valence-electron chi connectivity index (χ1n) is 3.86. The van der Waals surface area contributed by atoms with Gasteiger partial charge < -0.3 is 14.6 Å². The number of ether oxygens (including phenoxy) is 2. The standard InChI is InChI=1S/C9H12O5/c1-3-8(11)13-5-7(10)6-14-9(12)4-2/h3-4,7,10H,1-2,5-6H2. The van der Waals surface area contributed by atoms with Gasteiger partial charge in [0.25, 0.3) is 0 Å². The van der Waals surface area contributed by atoms with Crippen LogP contribution < -0.4 is 0 Å². The number of hydrogen-bond acceptors (Lipinski definition) is 5. The highest BCUT2D eigenvalue weighted by Crippen LogP contribution is 1.90. The van der Waals surface area contributed by atoms with E-state index < -0.39 is 18.0 Å². The third-order valence-electron chi connectivity index (χ3n) is 1.17. The van der Waals surface area contributed by atoms with Gasteiger partial charge in [-0.15, -0.1) is 0 Å². The Morgan fingerprint density at radius 2 is 1.50 bits per heavy atom. The molecule has 0 rings (SSSR count). The Morgan fingerprint density at radius 3 is 1.79 bits per heavy atom. The molecule has 0 fully saturated rings. The van der Waals surface area contributed by atoms with E-state index in [1.54, 1.807) is 0 Å². The van der Waals surface area contributed by atoms with Crippen LogP contribution in [0.1, 0.15) is 0 Å². The molecule has 0 spiro atoms. The summed E-state index contributed by atoms with van der Waals surface area (Å²) in [6.45, 7) is 5.86. The molecule has 0 aromatic rings. The van der Waals surface area contributed by atoms with Gasteiger partial charge in [0.05, 0.1) is 0 Å². The summed E-state index contributed by atoms with van der Waals surface area (Å²) in [6.07, 6.45) is 0.910. The Balaban J connectivity index is 3.60. The summed E-state index contributed by atoms with van der Waals surface area (Å²) in [5, 5.41) is 9.11. The van der Waals surface area contributed by atoms with Crippen LogP contribution in [0.2, 0.25) is 0 Å². The lowest BCUT2D eigenvalue weighted by Crippen LogP contribution is -2.24. The lowest BCUT2D eigenvalue weighted by atomic mass is 10.4. The predicted molar refractivity (Wildman–Crippen MR) is 48.3 cm³/mol. The predicted octanol–water partition coefficient (Wildman–Crippen LogP) is -0.194. The summed E-state index contributed by atoms with van der Waals surface area (Å²) in [5.41, 5.74) is 0. The van der Waals surface area contributed by atoms with Crippen molar-refractivity contribution in [2.45, 2.75) is 6.10 Å². The van der Waals surface area contributed by atoms with Gasteiger partial charge in [-0.2, -0.15) is 0 Å². The van der Waals surface area contributed by atoms with Crippen molar-refractivity contribution in [3.63, 3.8) is 0 Å². The summed E-state index contributed by atoms with van der Waals surface area (Å²) in [6, 6.07) is 0. The first kappa shape index (κ1) is 12.4. The van der Waals surface area contributed by atoms with E-state index >= 15 is 0 Å². The molecule has 5 nitrogen and oxygen atoms in total. The highest BCUT2D eigenvalue weighted by molar-refractivity contribution is 5.81. The summed E-state index contributed by atoms with van der Waals surface area (Å²) >= 11 is 0. The number of esters is 2. The molecular formula is C9H12O5. The lowest BCUT2D eigenvalue weighted by molar-refractivity contribution is -0.146. The monoisotopic (exact) mass is 200 g/mol. The number of aliphatic hydroxyl groups excluding tert-OH is 1. The molecule has 0 radical (unpaired) electrons. The average Bonchev–Trinajstić information content (AvgIpc) is 2.22. The Bertz CT molecular complexity index is 209. The summed E-state index contributed by atoms with van der Waals surface area (Å²) in [5.74, 6) is -1.28. The molecule has 0 heterocycles. The molecule has 0 saturated carbocycles. The van der Waals surface area contributed by atoms with E-state index in [0.29, 0.717) is 0 Å². The van der Waals surface area contributed by atoms with Crippen molar-refractivity contribution >= 4 is 11.9 Å². The molecule has 0 amide bonds. The van der Waals surface area contributed by atoms with E-state index in [9.17, 15) is 9.59 Å². The van der Waals surface area contributed by atoms with E-state index in [0.717, 1.165) is 12.2 Å². The van der Waals surface area contributed by atoms with Crippen LogP contribution >= 0.6 is 0 Å². The van der Waals surface area contributed by atoms with Gasteiger partial charge in [0, 0.05) is 12.2 Å². The van der Waals surface area contributed by atoms with Crippen molar-refractivity contribution in [2.24, 2.45) is 0 Å². The van der Waals surface area contributed by atoms with Crippen molar-refractivity contribution in [1.82, 2.24) is 0 Å². The van der Waals surface area contributed by atoms with Gasteiger partial charge in [-0.3, -0.25) is 0 Å². The number of rotatable bonds is 6. The zero-order valence-electron chi connectivity index (χ0n) is 7.64. The molecule has 0 atom stereocenters. The van der Waals surface area contributed by atoms with E-state index in [1.807, 2.05) is 0 Å². The molecule has 5 heteroatoms. The zero-order valence-corrected chi connectivity index (χ0v) is 7.64. The lowest BCUT2D eigenvalue weighted by Gasteiger charge is -2.09. The molecule has 0 aliphatic heterocycles. The molecule has 0 aliphatic carbocycles. The molecule has 14 heavy (non-hydrogen) atoms. The van der Waals surface area contributed by atoms with Crippen LogP contribution in [-0.4, -0.2) is 36.4 Å². The van der Waals surface area contributed by atoms with Crippen molar-refractivity contribution < 1.29 is 24.2 Å². The van der Waals surface area contributed by atoms with E-state index in [1.165, 1.54) is 0 Å². The minimum absolute atomic E-state index is 0.241. The van der Waals surface area contributed by atoms with Crippen LogP contribution in [0.5, 0.6) is 0 Å². The third-order valence-corrected chi connectivity index (χ3v) is 1.17. The fourth-order valence-electron chi connectivity index (χ4n) is 0.523. The van der Waals surface area contributed by atoms with Crippen molar-refractivity contribution in [2.75, 3.05) is 13.2 Å². The minimum Gasteiger partial charge on any atom is -0.460 e. The molecule has 1 N–H and O–H groups in total. The molecule has 0 unspecified atom stereocenters. The second-order valence-corrected chi connectivity index (χ2v) is 2.32.